The van der Waals surface area contributed by atoms with Gasteiger partial charge in [-0.2, -0.15) is 4.98 Å². The van der Waals surface area contributed by atoms with E-state index in [2.05, 4.69) is 43.2 Å². The largest absolute Gasteiger partial charge is 0.394 e. The van der Waals surface area contributed by atoms with E-state index in [0.29, 0.717) is 16.8 Å². The number of aromatic nitrogens is 2. The van der Waals surface area contributed by atoms with Gasteiger partial charge in [-0.3, -0.25) is 0 Å². The summed E-state index contributed by atoms with van der Waals surface area (Å²) in [6, 6.07) is 17.5. The van der Waals surface area contributed by atoms with Crippen LogP contribution in [-0.2, 0) is 0 Å². The molecule has 0 aliphatic carbocycles. The summed E-state index contributed by atoms with van der Waals surface area (Å²) < 4.78 is 1.06. The van der Waals surface area contributed by atoms with Crippen molar-refractivity contribution in [3.63, 3.8) is 0 Å². The topological polar surface area (TPSA) is 70.1 Å². The summed E-state index contributed by atoms with van der Waals surface area (Å²) in [5, 5.41) is 16.8. The molecule has 0 radical (unpaired) electrons. The van der Waals surface area contributed by atoms with Crippen molar-refractivity contribution in [3.05, 3.63) is 63.2 Å². The van der Waals surface area contributed by atoms with Gasteiger partial charge in [-0.1, -0.05) is 55.8 Å². The third kappa shape index (κ3) is 5.33. The van der Waals surface area contributed by atoms with E-state index >= 15 is 0 Å². The fourth-order valence-electron chi connectivity index (χ4n) is 2.65. The van der Waals surface area contributed by atoms with Crippen LogP contribution in [-0.4, -0.2) is 27.7 Å². The molecule has 0 bridgehead atoms. The van der Waals surface area contributed by atoms with E-state index in [1.54, 1.807) is 0 Å². The number of nitrogens with one attached hydrogen (secondary N) is 2. The van der Waals surface area contributed by atoms with Gasteiger partial charge < -0.3 is 15.7 Å². The molecule has 0 aliphatic heterocycles. The first-order valence-electron chi connectivity index (χ1n) is 9.00. The van der Waals surface area contributed by atoms with Crippen LogP contribution in [0.25, 0.3) is 11.3 Å². The van der Waals surface area contributed by atoms with Crippen molar-refractivity contribution in [2.75, 3.05) is 17.2 Å². The Labute approximate surface area is 183 Å². The Balaban J connectivity index is 1.99. The van der Waals surface area contributed by atoms with E-state index in [4.69, 9.17) is 11.6 Å². The Morgan fingerprint density at radius 2 is 1.82 bits per heavy atom. The van der Waals surface area contributed by atoms with Gasteiger partial charge in [0.1, 0.15) is 5.82 Å². The third-order valence-electron chi connectivity index (χ3n) is 4.31. The van der Waals surface area contributed by atoms with Gasteiger partial charge in [0.15, 0.2) is 0 Å². The summed E-state index contributed by atoms with van der Waals surface area (Å²) in [6.07, 6.45) is 0. The molecule has 7 heteroatoms. The van der Waals surface area contributed by atoms with Crippen LogP contribution >= 0.6 is 34.2 Å². The monoisotopic (exact) mass is 508 g/mol. The Bertz CT molecular complexity index is 937. The Hall–Kier alpha value is -1.90. The van der Waals surface area contributed by atoms with Crippen molar-refractivity contribution in [2.45, 2.75) is 19.9 Å². The minimum Gasteiger partial charge on any atom is -0.394 e. The number of aliphatic hydroxyl groups is 1. The van der Waals surface area contributed by atoms with E-state index < -0.39 is 0 Å². The standard InChI is InChI=1S/C21H22ClIN4O/c1-13(2)19(12-28)26-21-25-18(14-6-4-3-5-7-14)11-20(27-21)24-17-9-8-15(23)10-16(17)22/h3-11,13,19,28H,12H2,1-2H3,(H2,24,25,26,27)/t19-/m0/s1. The molecule has 0 saturated heterocycles. The molecule has 3 N–H and O–H groups in total. The first-order valence-corrected chi connectivity index (χ1v) is 10.5. The quantitative estimate of drug-likeness (QED) is 0.364. The molecule has 0 amide bonds. The number of hydrogen-bond donors (Lipinski definition) is 3. The lowest BCUT2D eigenvalue weighted by Gasteiger charge is -2.21. The summed E-state index contributed by atoms with van der Waals surface area (Å²) in [5.41, 5.74) is 2.53. The zero-order valence-electron chi connectivity index (χ0n) is 15.7. The highest BCUT2D eigenvalue weighted by molar-refractivity contribution is 14.1. The zero-order valence-corrected chi connectivity index (χ0v) is 18.6. The van der Waals surface area contributed by atoms with Crippen LogP contribution in [0.5, 0.6) is 0 Å². The van der Waals surface area contributed by atoms with Gasteiger partial charge in [0, 0.05) is 15.2 Å². The SMILES string of the molecule is CC(C)[C@H](CO)Nc1nc(Nc2ccc(I)cc2Cl)cc(-c2ccccc2)n1. The maximum atomic E-state index is 9.66. The average Bonchev–Trinajstić information content (AvgIpc) is 2.68. The number of aliphatic hydroxyl groups excluding tert-OH is 1. The van der Waals surface area contributed by atoms with Crippen molar-refractivity contribution >= 4 is 51.6 Å². The summed E-state index contributed by atoms with van der Waals surface area (Å²) in [6.45, 7) is 4.08. The molecule has 0 fully saturated rings. The smallest absolute Gasteiger partial charge is 0.225 e. The van der Waals surface area contributed by atoms with Gasteiger partial charge in [0.25, 0.3) is 0 Å². The highest BCUT2D eigenvalue weighted by atomic mass is 127. The first-order chi connectivity index (χ1) is 13.5. The second kappa shape index (κ2) is 9.54. The summed E-state index contributed by atoms with van der Waals surface area (Å²) in [7, 11) is 0. The Morgan fingerprint density at radius 3 is 2.46 bits per heavy atom. The minimum absolute atomic E-state index is 0.00229. The molecule has 28 heavy (non-hydrogen) atoms. The normalized spacial score (nSPS) is 12.1. The van der Waals surface area contributed by atoms with Crippen LogP contribution in [0.4, 0.5) is 17.5 Å². The van der Waals surface area contributed by atoms with Gasteiger partial charge in [-0.05, 0) is 46.7 Å². The molecule has 1 atom stereocenters. The molecule has 0 spiro atoms. The summed E-state index contributed by atoms with van der Waals surface area (Å²) >= 11 is 8.59. The number of anilines is 3. The molecule has 0 aliphatic rings. The van der Waals surface area contributed by atoms with Gasteiger partial charge in [-0.15, -0.1) is 0 Å². The molecule has 0 saturated carbocycles. The van der Waals surface area contributed by atoms with Crippen molar-refractivity contribution in [3.8, 4) is 11.3 Å². The first kappa shape index (κ1) is 20.8. The maximum absolute atomic E-state index is 9.66. The lowest BCUT2D eigenvalue weighted by atomic mass is 10.1. The minimum atomic E-state index is -0.138. The van der Waals surface area contributed by atoms with E-state index in [1.807, 2.05) is 68.4 Å². The molecule has 3 rings (SSSR count). The number of halogens is 2. The fraction of sp³-hybridized carbons (Fsp3) is 0.238. The van der Waals surface area contributed by atoms with Gasteiger partial charge in [0.2, 0.25) is 5.95 Å². The molecule has 2 aromatic carbocycles. The predicted octanol–water partition coefficient (Wildman–Crippen LogP) is 5.57. The molecule has 3 aromatic rings. The van der Waals surface area contributed by atoms with Crippen LogP contribution in [0.3, 0.4) is 0 Å². The van der Waals surface area contributed by atoms with Crippen LogP contribution in [0, 0.1) is 9.49 Å². The molecular weight excluding hydrogens is 487 g/mol. The van der Waals surface area contributed by atoms with Crippen LogP contribution in [0.1, 0.15) is 13.8 Å². The van der Waals surface area contributed by atoms with Crippen LogP contribution in [0.2, 0.25) is 5.02 Å². The molecule has 1 heterocycles. The van der Waals surface area contributed by atoms with Crippen molar-refractivity contribution in [2.24, 2.45) is 5.92 Å². The van der Waals surface area contributed by atoms with Gasteiger partial charge in [0.05, 0.1) is 29.1 Å². The second-order valence-corrected chi connectivity index (χ2v) is 8.41. The molecule has 1 aromatic heterocycles. The highest BCUT2D eigenvalue weighted by Crippen LogP contribution is 2.29. The molecule has 0 unspecified atom stereocenters. The number of nitrogens with zero attached hydrogens (tertiary/aromatic N) is 2. The van der Waals surface area contributed by atoms with E-state index in [-0.39, 0.29) is 18.6 Å². The van der Waals surface area contributed by atoms with E-state index in [1.165, 1.54) is 0 Å². The maximum Gasteiger partial charge on any atom is 0.225 e. The van der Waals surface area contributed by atoms with Crippen molar-refractivity contribution < 1.29 is 5.11 Å². The van der Waals surface area contributed by atoms with Crippen LogP contribution < -0.4 is 10.6 Å². The fourth-order valence-corrected chi connectivity index (χ4v) is 3.55. The summed E-state index contributed by atoms with van der Waals surface area (Å²) in [5.74, 6) is 1.31. The number of hydrogen-bond acceptors (Lipinski definition) is 5. The van der Waals surface area contributed by atoms with Crippen molar-refractivity contribution in [1.82, 2.24) is 9.97 Å². The van der Waals surface area contributed by atoms with Gasteiger partial charge in [-0.25, -0.2) is 4.98 Å². The predicted molar refractivity (Wildman–Crippen MR) is 124 cm³/mol. The van der Waals surface area contributed by atoms with E-state index in [0.717, 1.165) is 20.5 Å². The number of rotatable bonds is 7. The van der Waals surface area contributed by atoms with Gasteiger partial charge >= 0.3 is 0 Å². The lowest BCUT2D eigenvalue weighted by Crippen LogP contribution is -2.30. The Morgan fingerprint density at radius 1 is 1.07 bits per heavy atom. The third-order valence-corrected chi connectivity index (χ3v) is 5.29. The zero-order chi connectivity index (χ0) is 20.1. The van der Waals surface area contributed by atoms with Crippen LogP contribution in [0.15, 0.2) is 54.6 Å². The average molecular weight is 509 g/mol. The number of benzene rings is 2. The van der Waals surface area contributed by atoms with Crippen molar-refractivity contribution in [1.29, 1.82) is 0 Å². The summed E-state index contributed by atoms with van der Waals surface area (Å²) in [4.78, 5) is 9.23. The van der Waals surface area contributed by atoms with E-state index in [9.17, 15) is 5.11 Å². The lowest BCUT2D eigenvalue weighted by molar-refractivity contribution is 0.248. The molecule has 5 nitrogen and oxygen atoms in total. The highest BCUT2D eigenvalue weighted by Gasteiger charge is 2.15. The second-order valence-electron chi connectivity index (χ2n) is 6.75. The molecule has 146 valence electrons. The Kier molecular flexibility index (Phi) is 7.09. The molecular formula is C21H22ClIN4O.